The second-order valence-corrected chi connectivity index (χ2v) is 12.5. The molecule has 0 saturated carbocycles. The van der Waals surface area contributed by atoms with Crippen molar-refractivity contribution in [3.05, 3.63) is 47.9 Å². The summed E-state index contributed by atoms with van der Waals surface area (Å²) in [5.74, 6) is -0.573. The molecule has 0 fully saturated rings. The highest BCUT2D eigenvalue weighted by Gasteiger charge is 2.27. The molecular weight excluding hydrogens is 556 g/mol. The Kier molecular flexibility index (Phi) is 16.7. The van der Waals surface area contributed by atoms with Crippen molar-refractivity contribution in [1.29, 1.82) is 0 Å². The van der Waals surface area contributed by atoms with Crippen LogP contribution in [0.4, 0.5) is 0 Å². The van der Waals surface area contributed by atoms with Crippen LogP contribution >= 0.6 is 0 Å². The number of unbranched alkanes of at least 4 members (excludes halogenated alkanes) is 9. The van der Waals surface area contributed by atoms with Gasteiger partial charge in [-0.1, -0.05) is 91.2 Å². The first-order valence-corrected chi connectivity index (χ1v) is 16.5. The number of primary amides is 2. The fourth-order valence-electron chi connectivity index (χ4n) is 5.44. The fraction of sp³-hybridized carbons (Fsp3) is 0.647. The van der Waals surface area contributed by atoms with Gasteiger partial charge in [0.2, 0.25) is 23.6 Å². The number of carbonyl (C=O) groups is 4. The van der Waals surface area contributed by atoms with Gasteiger partial charge in [-0.3, -0.25) is 19.2 Å². The fourth-order valence-corrected chi connectivity index (χ4v) is 5.44. The Morgan fingerprint density at radius 1 is 0.614 bits per heavy atom. The number of nitrogens with zero attached hydrogens (tertiary/aromatic N) is 2. The summed E-state index contributed by atoms with van der Waals surface area (Å²) in [5.41, 5.74) is 11.5. The summed E-state index contributed by atoms with van der Waals surface area (Å²) in [4.78, 5) is 51.8. The third kappa shape index (κ3) is 12.8. The third-order valence-corrected chi connectivity index (χ3v) is 8.22. The van der Waals surface area contributed by atoms with Crippen molar-refractivity contribution in [3.63, 3.8) is 0 Å². The zero-order chi connectivity index (χ0) is 32.5. The first-order valence-electron chi connectivity index (χ1n) is 16.5. The molecule has 0 aromatic carbocycles. The topological polar surface area (TPSA) is 151 Å². The molecule has 10 nitrogen and oxygen atoms in total. The van der Waals surface area contributed by atoms with Crippen molar-refractivity contribution in [1.82, 2.24) is 20.4 Å². The van der Waals surface area contributed by atoms with Gasteiger partial charge >= 0.3 is 0 Å². The van der Waals surface area contributed by atoms with E-state index in [2.05, 4.69) is 10.6 Å². The molecule has 44 heavy (non-hydrogen) atoms. The van der Waals surface area contributed by atoms with Gasteiger partial charge in [-0.2, -0.15) is 0 Å². The number of nitrogens with one attached hydrogen (secondary N) is 2. The van der Waals surface area contributed by atoms with E-state index in [0.717, 1.165) is 38.8 Å². The Morgan fingerprint density at radius 2 is 0.932 bits per heavy atom. The summed E-state index contributed by atoms with van der Waals surface area (Å²) >= 11 is 0. The van der Waals surface area contributed by atoms with Crippen LogP contribution in [0.3, 0.4) is 0 Å². The summed E-state index contributed by atoms with van der Waals surface area (Å²) in [6.45, 7) is 10.5. The number of nitrogens with two attached hydrogens (primary N) is 2. The van der Waals surface area contributed by atoms with Crippen LogP contribution in [0.5, 0.6) is 0 Å². The highest BCUT2D eigenvalue weighted by atomic mass is 16.2. The van der Waals surface area contributed by atoms with Crippen molar-refractivity contribution in [2.24, 2.45) is 23.3 Å². The molecule has 2 aliphatic heterocycles. The molecule has 2 atom stereocenters. The molecule has 0 saturated heterocycles. The van der Waals surface area contributed by atoms with Crippen molar-refractivity contribution in [2.45, 2.75) is 104 Å². The lowest BCUT2D eigenvalue weighted by Crippen LogP contribution is -2.48. The highest BCUT2D eigenvalue weighted by molar-refractivity contribution is 5.96. The quantitative estimate of drug-likeness (QED) is 0.145. The van der Waals surface area contributed by atoms with E-state index in [-0.39, 0.29) is 35.7 Å². The van der Waals surface area contributed by atoms with Crippen LogP contribution in [0.1, 0.15) is 91.9 Å². The number of carbonyl (C=O) groups excluding carboxylic acids is 4. The molecule has 2 heterocycles. The molecule has 0 aliphatic carbocycles. The van der Waals surface area contributed by atoms with Gasteiger partial charge in [-0.05, 0) is 49.9 Å². The second-order valence-electron chi connectivity index (χ2n) is 12.5. The lowest BCUT2D eigenvalue weighted by atomic mass is 10.0. The Morgan fingerprint density at radius 3 is 1.18 bits per heavy atom. The lowest BCUT2D eigenvalue weighted by molar-refractivity contribution is -0.132. The van der Waals surface area contributed by atoms with Crippen LogP contribution in [0.15, 0.2) is 47.9 Å². The number of hydrogen-bond donors (Lipinski definition) is 4. The van der Waals surface area contributed by atoms with Gasteiger partial charge in [0.25, 0.3) is 0 Å². The predicted molar refractivity (Wildman–Crippen MR) is 176 cm³/mol. The maximum absolute atomic E-state index is 13.0. The van der Waals surface area contributed by atoms with Crippen LogP contribution in [0.25, 0.3) is 0 Å². The van der Waals surface area contributed by atoms with E-state index in [4.69, 9.17) is 11.5 Å². The molecule has 2 aliphatic rings. The van der Waals surface area contributed by atoms with E-state index in [0.29, 0.717) is 24.2 Å². The molecule has 0 radical (unpaired) electrons. The van der Waals surface area contributed by atoms with Crippen LogP contribution in [0.2, 0.25) is 0 Å². The molecule has 6 N–H and O–H groups in total. The van der Waals surface area contributed by atoms with Crippen LogP contribution < -0.4 is 22.1 Å². The van der Waals surface area contributed by atoms with Gasteiger partial charge < -0.3 is 31.9 Å². The van der Waals surface area contributed by atoms with Gasteiger partial charge in [0, 0.05) is 36.6 Å². The number of rotatable bonds is 21. The van der Waals surface area contributed by atoms with Crippen LogP contribution in [-0.2, 0) is 19.2 Å². The maximum atomic E-state index is 13.0. The van der Waals surface area contributed by atoms with Gasteiger partial charge in [0.15, 0.2) is 0 Å². The molecule has 0 aromatic rings. The molecule has 0 aromatic heterocycles. The van der Waals surface area contributed by atoms with Crippen molar-refractivity contribution >= 4 is 23.6 Å². The van der Waals surface area contributed by atoms with Gasteiger partial charge in [-0.15, -0.1) is 0 Å². The molecule has 4 amide bonds. The van der Waals surface area contributed by atoms with E-state index in [9.17, 15) is 19.2 Å². The smallest absolute Gasteiger partial charge is 0.248 e. The standard InChI is InChI=1S/C34H56N6O4/c1-25(2)29(33(43)39-21-15-27(16-22-39)31(35)41)37-19-13-11-9-7-5-6-8-10-12-14-20-38-30(26(3)4)34(44)40-23-17-28(18-24-40)32(36)42/h15-18,21,23,25-26,29-30,37-38H,5-14,19-20,22,24H2,1-4H3,(H2,35,41)(H2,36,42). The lowest BCUT2D eigenvalue weighted by Gasteiger charge is -2.28. The molecule has 0 bridgehead atoms. The second kappa shape index (κ2) is 19.9. The number of amides is 4. The summed E-state index contributed by atoms with van der Waals surface area (Å²) in [6.07, 6.45) is 21.7. The normalized spacial score (nSPS) is 16.2. The summed E-state index contributed by atoms with van der Waals surface area (Å²) < 4.78 is 0. The highest BCUT2D eigenvalue weighted by Crippen LogP contribution is 2.15. The summed E-state index contributed by atoms with van der Waals surface area (Å²) in [5, 5.41) is 6.89. The van der Waals surface area contributed by atoms with Crippen LogP contribution in [-0.4, -0.2) is 71.7 Å². The Labute approximate surface area is 264 Å². The monoisotopic (exact) mass is 612 g/mol. The molecule has 246 valence electrons. The minimum atomic E-state index is -0.476. The van der Waals surface area contributed by atoms with Crippen molar-refractivity contribution in [3.8, 4) is 0 Å². The van der Waals surface area contributed by atoms with E-state index in [1.165, 1.54) is 38.5 Å². The molecule has 10 heteroatoms. The van der Waals surface area contributed by atoms with Crippen molar-refractivity contribution in [2.75, 3.05) is 26.2 Å². The largest absolute Gasteiger partial charge is 0.366 e. The third-order valence-electron chi connectivity index (χ3n) is 8.22. The van der Waals surface area contributed by atoms with E-state index in [1.54, 1.807) is 46.5 Å². The first-order chi connectivity index (χ1) is 21.0. The SMILES string of the molecule is CC(C)C(NCCCCCCCCCCCCNC(C(=O)N1C=CC(C(N)=O)=CC1)C(C)C)C(=O)N1C=CC(C(N)=O)=CC1. The maximum Gasteiger partial charge on any atom is 0.248 e. The predicted octanol–water partition coefficient (Wildman–Crippen LogP) is 3.65. The van der Waals surface area contributed by atoms with Crippen molar-refractivity contribution < 1.29 is 19.2 Å². The average Bonchev–Trinajstić information content (AvgIpc) is 3.00. The number of hydrogen-bond acceptors (Lipinski definition) is 6. The summed E-state index contributed by atoms with van der Waals surface area (Å²) in [7, 11) is 0. The zero-order valence-corrected chi connectivity index (χ0v) is 27.4. The minimum Gasteiger partial charge on any atom is -0.366 e. The van der Waals surface area contributed by atoms with Gasteiger partial charge in [0.1, 0.15) is 0 Å². The minimum absolute atomic E-state index is 0.0222. The Bertz CT molecular complexity index is 994. The van der Waals surface area contributed by atoms with Gasteiger partial charge in [-0.25, -0.2) is 0 Å². The molecule has 2 rings (SSSR count). The molecule has 0 spiro atoms. The van der Waals surface area contributed by atoms with E-state index >= 15 is 0 Å². The van der Waals surface area contributed by atoms with E-state index in [1.807, 2.05) is 27.7 Å². The summed E-state index contributed by atoms with van der Waals surface area (Å²) in [6, 6.07) is -0.505. The molecule has 2 unspecified atom stereocenters. The zero-order valence-electron chi connectivity index (χ0n) is 27.4. The molecular formula is C34H56N6O4. The Hall–Kier alpha value is -3.24. The average molecular weight is 613 g/mol. The van der Waals surface area contributed by atoms with Crippen LogP contribution in [0, 0.1) is 11.8 Å². The van der Waals surface area contributed by atoms with Gasteiger partial charge in [0.05, 0.1) is 12.1 Å². The first kappa shape index (κ1) is 36.9. The van der Waals surface area contributed by atoms with E-state index < -0.39 is 11.8 Å². The Balaban J connectivity index is 1.49.